The highest BCUT2D eigenvalue weighted by atomic mass is 35.5. The number of esters is 1. The van der Waals surface area contributed by atoms with E-state index in [0.29, 0.717) is 17.3 Å². The van der Waals surface area contributed by atoms with Crippen LogP contribution in [0.2, 0.25) is 5.02 Å². The Morgan fingerprint density at radius 2 is 1.89 bits per heavy atom. The summed E-state index contributed by atoms with van der Waals surface area (Å²) in [4.78, 5) is 11.1. The van der Waals surface area contributed by atoms with E-state index < -0.39 is 5.97 Å². The molecule has 6 heteroatoms. The Balaban J connectivity index is 1.82. The lowest BCUT2D eigenvalue weighted by molar-refractivity contribution is -0.142. The number of rotatable bonds is 10. The molecule has 2 aromatic carbocycles. The Labute approximate surface area is 165 Å². The molecule has 0 saturated carbocycles. The van der Waals surface area contributed by atoms with Gasteiger partial charge in [-0.15, -0.1) is 0 Å². The fourth-order valence-electron chi connectivity index (χ4n) is 2.70. The van der Waals surface area contributed by atoms with Crippen molar-refractivity contribution >= 4 is 17.6 Å². The fourth-order valence-corrected chi connectivity index (χ4v) is 2.90. The van der Waals surface area contributed by atoms with Crippen molar-refractivity contribution in [3.8, 4) is 5.75 Å². The largest absolute Gasteiger partial charge is 0.482 e. The summed E-state index contributed by atoms with van der Waals surface area (Å²) in [5.74, 6) is 0.245. The molecular weight excluding hydrogens is 366 g/mol. The number of ether oxygens (including phenoxy) is 3. The smallest absolute Gasteiger partial charge is 0.343 e. The molecule has 2 rings (SSSR count). The van der Waals surface area contributed by atoms with Gasteiger partial charge in [0.15, 0.2) is 6.61 Å². The van der Waals surface area contributed by atoms with Gasteiger partial charge in [0.1, 0.15) is 5.75 Å². The topological polar surface area (TPSA) is 56.8 Å². The van der Waals surface area contributed by atoms with Gasteiger partial charge in [-0.2, -0.15) is 0 Å². The monoisotopic (exact) mass is 391 g/mol. The number of carbonyl (C=O) groups is 1. The maximum Gasteiger partial charge on any atom is 0.343 e. The molecule has 27 heavy (non-hydrogen) atoms. The highest BCUT2D eigenvalue weighted by molar-refractivity contribution is 6.30. The average Bonchev–Trinajstić information content (AvgIpc) is 2.67. The predicted octanol–water partition coefficient (Wildman–Crippen LogP) is 3.80. The second-order valence-electron chi connectivity index (χ2n) is 6.30. The normalized spacial score (nSPS) is 13.0. The Morgan fingerprint density at radius 1 is 1.15 bits per heavy atom. The van der Waals surface area contributed by atoms with Crippen molar-refractivity contribution < 1.29 is 19.0 Å². The standard InChI is InChI=1S/C21H26ClNO4/c1-15(23-13-20(25-2)17-5-4-6-18(22)12-17)11-16-7-9-19(10-8-16)27-14-21(24)26-3/h4-10,12,15,20,23H,11,13-14H2,1-3H3/t15?,20-/m1/s1. The summed E-state index contributed by atoms with van der Waals surface area (Å²) in [7, 11) is 3.04. The van der Waals surface area contributed by atoms with Gasteiger partial charge in [-0.1, -0.05) is 35.9 Å². The highest BCUT2D eigenvalue weighted by Gasteiger charge is 2.13. The summed E-state index contributed by atoms with van der Waals surface area (Å²) in [5.41, 5.74) is 2.23. The van der Waals surface area contributed by atoms with Gasteiger partial charge in [0.25, 0.3) is 0 Å². The van der Waals surface area contributed by atoms with E-state index in [1.54, 1.807) is 7.11 Å². The van der Waals surface area contributed by atoms with E-state index in [1.165, 1.54) is 12.7 Å². The third kappa shape index (κ3) is 7.21. The third-order valence-corrected chi connectivity index (χ3v) is 4.44. The number of hydrogen-bond acceptors (Lipinski definition) is 5. The molecule has 5 nitrogen and oxygen atoms in total. The Hall–Kier alpha value is -2.08. The van der Waals surface area contributed by atoms with Crippen molar-refractivity contribution in [2.75, 3.05) is 27.4 Å². The third-order valence-electron chi connectivity index (χ3n) is 4.21. The first-order chi connectivity index (χ1) is 13.0. The minimum Gasteiger partial charge on any atom is -0.482 e. The van der Waals surface area contributed by atoms with E-state index >= 15 is 0 Å². The number of carbonyl (C=O) groups excluding carboxylic acids is 1. The van der Waals surface area contributed by atoms with Crippen LogP contribution in [0.1, 0.15) is 24.2 Å². The number of hydrogen-bond donors (Lipinski definition) is 1. The quantitative estimate of drug-likeness (QED) is 0.624. The SMILES string of the molecule is COC(=O)COc1ccc(CC(C)NC[C@@H](OC)c2cccc(Cl)c2)cc1. The zero-order valence-electron chi connectivity index (χ0n) is 15.9. The summed E-state index contributed by atoms with van der Waals surface area (Å²) < 4.78 is 15.5. The minimum absolute atomic E-state index is 0.0553. The maximum atomic E-state index is 11.1. The van der Waals surface area contributed by atoms with Gasteiger partial charge in [0.2, 0.25) is 0 Å². The van der Waals surface area contributed by atoms with E-state index in [-0.39, 0.29) is 18.8 Å². The number of methoxy groups -OCH3 is 2. The van der Waals surface area contributed by atoms with Crippen LogP contribution in [-0.4, -0.2) is 39.4 Å². The van der Waals surface area contributed by atoms with Crippen LogP contribution in [0, 0.1) is 0 Å². The zero-order valence-corrected chi connectivity index (χ0v) is 16.7. The Bertz CT molecular complexity index is 720. The van der Waals surface area contributed by atoms with Crippen molar-refractivity contribution in [2.45, 2.75) is 25.5 Å². The number of nitrogens with one attached hydrogen (secondary N) is 1. The first-order valence-electron chi connectivity index (χ1n) is 8.82. The molecule has 0 fully saturated rings. The second-order valence-corrected chi connectivity index (χ2v) is 6.74. The molecule has 2 atom stereocenters. The van der Waals surface area contributed by atoms with Crippen LogP contribution < -0.4 is 10.1 Å². The van der Waals surface area contributed by atoms with Crippen LogP contribution in [0.3, 0.4) is 0 Å². The van der Waals surface area contributed by atoms with Gasteiger partial charge in [-0.05, 0) is 48.7 Å². The molecule has 0 aliphatic carbocycles. The van der Waals surface area contributed by atoms with Gasteiger partial charge in [0, 0.05) is 24.7 Å². The summed E-state index contributed by atoms with van der Waals surface area (Å²) in [6, 6.07) is 15.7. The molecule has 0 aliphatic rings. The lowest BCUT2D eigenvalue weighted by atomic mass is 10.1. The van der Waals surface area contributed by atoms with Crippen LogP contribution >= 0.6 is 11.6 Å². The van der Waals surface area contributed by atoms with Gasteiger partial charge < -0.3 is 19.5 Å². The fraction of sp³-hybridized carbons (Fsp3) is 0.381. The number of halogens is 1. The Kier molecular flexibility index (Phi) is 8.58. The van der Waals surface area contributed by atoms with Crippen LogP contribution in [0.5, 0.6) is 5.75 Å². The van der Waals surface area contributed by atoms with E-state index in [2.05, 4.69) is 17.0 Å². The molecule has 0 radical (unpaired) electrons. The molecule has 2 aromatic rings. The molecule has 0 bridgehead atoms. The summed E-state index contributed by atoms with van der Waals surface area (Å²) in [6.45, 7) is 2.74. The molecule has 0 spiro atoms. The van der Waals surface area contributed by atoms with Crippen LogP contribution in [0.25, 0.3) is 0 Å². The lowest BCUT2D eigenvalue weighted by Crippen LogP contribution is -2.32. The predicted molar refractivity (Wildman–Crippen MR) is 106 cm³/mol. The van der Waals surface area contributed by atoms with Crippen molar-refractivity contribution in [1.29, 1.82) is 0 Å². The van der Waals surface area contributed by atoms with E-state index in [0.717, 1.165) is 12.0 Å². The minimum atomic E-state index is -0.399. The van der Waals surface area contributed by atoms with Crippen LogP contribution in [0.15, 0.2) is 48.5 Å². The molecule has 1 N–H and O–H groups in total. The van der Waals surface area contributed by atoms with Crippen LogP contribution in [0.4, 0.5) is 0 Å². The Morgan fingerprint density at radius 3 is 2.52 bits per heavy atom. The first kappa shape index (κ1) is 21.2. The van der Waals surface area contributed by atoms with Crippen LogP contribution in [-0.2, 0) is 20.7 Å². The van der Waals surface area contributed by atoms with E-state index in [1.807, 2.05) is 48.5 Å². The highest BCUT2D eigenvalue weighted by Crippen LogP contribution is 2.20. The maximum absolute atomic E-state index is 11.1. The van der Waals surface area contributed by atoms with Crippen molar-refractivity contribution in [1.82, 2.24) is 5.32 Å². The van der Waals surface area contributed by atoms with E-state index in [4.69, 9.17) is 21.1 Å². The summed E-state index contributed by atoms with van der Waals surface area (Å²) in [5, 5.41) is 4.21. The average molecular weight is 392 g/mol. The zero-order chi connectivity index (χ0) is 19.6. The first-order valence-corrected chi connectivity index (χ1v) is 9.19. The van der Waals surface area contributed by atoms with Gasteiger partial charge in [-0.25, -0.2) is 4.79 Å². The second kappa shape index (κ2) is 10.9. The lowest BCUT2D eigenvalue weighted by Gasteiger charge is -2.20. The molecular formula is C21H26ClNO4. The van der Waals surface area contributed by atoms with Gasteiger partial charge in [-0.3, -0.25) is 0 Å². The summed E-state index contributed by atoms with van der Waals surface area (Å²) >= 11 is 6.06. The molecule has 0 heterocycles. The van der Waals surface area contributed by atoms with Gasteiger partial charge in [0.05, 0.1) is 13.2 Å². The number of benzene rings is 2. The van der Waals surface area contributed by atoms with Gasteiger partial charge >= 0.3 is 5.97 Å². The van der Waals surface area contributed by atoms with Crippen molar-refractivity contribution in [3.63, 3.8) is 0 Å². The molecule has 146 valence electrons. The van der Waals surface area contributed by atoms with Crippen molar-refractivity contribution in [3.05, 3.63) is 64.7 Å². The molecule has 0 aromatic heterocycles. The van der Waals surface area contributed by atoms with Crippen molar-refractivity contribution in [2.24, 2.45) is 0 Å². The molecule has 0 amide bonds. The summed E-state index contributed by atoms with van der Waals surface area (Å²) in [6.07, 6.45) is 0.809. The molecule has 0 saturated heterocycles. The molecule has 0 aliphatic heterocycles. The molecule has 1 unspecified atom stereocenters. The van der Waals surface area contributed by atoms with E-state index in [9.17, 15) is 4.79 Å².